The van der Waals surface area contributed by atoms with E-state index in [0.717, 1.165) is 35.6 Å². The fraction of sp³-hybridized carbons (Fsp3) is 0.455. The van der Waals surface area contributed by atoms with E-state index in [1.807, 2.05) is 43.4 Å². The maximum Gasteiger partial charge on any atom is 0.227 e. The lowest BCUT2D eigenvalue weighted by atomic mass is 10.1. The Morgan fingerprint density at radius 3 is 2.71 bits per heavy atom. The molecule has 1 fully saturated rings. The van der Waals surface area contributed by atoms with Gasteiger partial charge in [0.15, 0.2) is 5.76 Å². The molecule has 9 heteroatoms. The minimum Gasteiger partial charge on any atom is -0.383 e. The van der Waals surface area contributed by atoms with E-state index in [1.165, 1.54) is 0 Å². The van der Waals surface area contributed by atoms with Crippen molar-refractivity contribution in [3.8, 4) is 11.3 Å². The lowest BCUT2D eigenvalue weighted by Crippen LogP contribution is -2.23. The van der Waals surface area contributed by atoms with E-state index < -0.39 is 9.84 Å². The van der Waals surface area contributed by atoms with E-state index in [4.69, 9.17) is 9.26 Å². The molecule has 166 valence electrons. The second kappa shape index (κ2) is 9.33. The summed E-state index contributed by atoms with van der Waals surface area (Å²) in [5.41, 5.74) is 2.62. The first-order valence-electron chi connectivity index (χ1n) is 10.4. The summed E-state index contributed by atoms with van der Waals surface area (Å²) >= 11 is 0. The SMILES string of the molecule is COCCn1c(CN(C)Cc2cc(-c3ccccc3)on2)cnc1S(=O)(=O)CC1CC1. The number of nitrogens with zero attached hydrogens (tertiary/aromatic N) is 4. The molecule has 2 heterocycles. The van der Waals surface area contributed by atoms with Gasteiger partial charge in [0.05, 0.1) is 29.9 Å². The maximum atomic E-state index is 12.8. The van der Waals surface area contributed by atoms with Gasteiger partial charge in [0, 0.05) is 38.4 Å². The highest BCUT2D eigenvalue weighted by Crippen LogP contribution is 2.32. The Kier molecular flexibility index (Phi) is 6.54. The van der Waals surface area contributed by atoms with E-state index in [9.17, 15) is 8.42 Å². The Balaban J connectivity index is 1.47. The molecule has 0 spiro atoms. The van der Waals surface area contributed by atoms with E-state index in [2.05, 4.69) is 15.0 Å². The van der Waals surface area contributed by atoms with Gasteiger partial charge in [-0.1, -0.05) is 35.5 Å². The number of aromatic nitrogens is 3. The summed E-state index contributed by atoms with van der Waals surface area (Å²) in [5, 5.41) is 4.32. The van der Waals surface area contributed by atoms with Gasteiger partial charge in [0.2, 0.25) is 15.0 Å². The third kappa shape index (κ3) is 5.41. The van der Waals surface area contributed by atoms with Crippen molar-refractivity contribution in [1.82, 2.24) is 19.6 Å². The van der Waals surface area contributed by atoms with Crippen LogP contribution in [0.4, 0.5) is 0 Å². The molecule has 4 rings (SSSR count). The molecule has 1 aliphatic rings. The van der Waals surface area contributed by atoms with Gasteiger partial charge >= 0.3 is 0 Å². The fourth-order valence-electron chi connectivity index (χ4n) is 3.59. The van der Waals surface area contributed by atoms with Crippen molar-refractivity contribution in [1.29, 1.82) is 0 Å². The van der Waals surface area contributed by atoms with Crippen LogP contribution in [0.2, 0.25) is 0 Å². The third-order valence-corrected chi connectivity index (χ3v) is 7.12. The number of benzene rings is 1. The smallest absolute Gasteiger partial charge is 0.227 e. The molecular weight excluding hydrogens is 416 g/mol. The molecule has 0 amide bonds. The Morgan fingerprint density at radius 1 is 1.23 bits per heavy atom. The van der Waals surface area contributed by atoms with Gasteiger partial charge in [-0.25, -0.2) is 13.4 Å². The van der Waals surface area contributed by atoms with Crippen LogP contribution >= 0.6 is 0 Å². The molecule has 1 aliphatic carbocycles. The Labute approximate surface area is 182 Å². The zero-order chi connectivity index (χ0) is 21.8. The number of imidazole rings is 1. The molecule has 0 radical (unpaired) electrons. The summed E-state index contributed by atoms with van der Waals surface area (Å²) < 4.78 is 38.1. The first kappa shape index (κ1) is 21.7. The number of rotatable bonds is 11. The first-order valence-corrected chi connectivity index (χ1v) is 12.1. The van der Waals surface area contributed by atoms with Gasteiger partial charge in [-0.3, -0.25) is 4.90 Å². The first-order chi connectivity index (χ1) is 15.0. The zero-order valence-electron chi connectivity index (χ0n) is 17.9. The van der Waals surface area contributed by atoms with Gasteiger partial charge in [-0.15, -0.1) is 0 Å². The van der Waals surface area contributed by atoms with E-state index in [1.54, 1.807) is 17.9 Å². The number of methoxy groups -OCH3 is 1. The summed E-state index contributed by atoms with van der Waals surface area (Å²) in [7, 11) is 0.160. The monoisotopic (exact) mass is 444 g/mol. The molecule has 1 aromatic carbocycles. The highest BCUT2D eigenvalue weighted by Gasteiger charge is 2.32. The standard InChI is InChI=1S/C22H28N4O4S/c1-25(14-19-12-21(30-24-19)18-6-4-3-5-7-18)15-20-13-23-22(26(20)10-11-29-2)31(27,28)16-17-8-9-17/h3-7,12-13,17H,8-11,14-16H2,1-2H3. The number of hydrogen-bond donors (Lipinski definition) is 0. The lowest BCUT2D eigenvalue weighted by molar-refractivity contribution is 0.181. The average Bonchev–Trinajstić information content (AvgIpc) is 3.26. The molecule has 3 aromatic rings. The third-order valence-electron chi connectivity index (χ3n) is 5.33. The Morgan fingerprint density at radius 2 is 2.00 bits per heavy atom. The van der Waals surface area contributed by atoms with Crippen LogP contribution in [0.15, 0.2) is 52.3 Å². The van der Waals surface area contributed by atoms with Crippen molar-refractivity contribution in [2.24, 2.45) is 5.92 Å². The van der Waals surface area contributed by atoms with Gasteiger partial charge in [0.1, 0.15) is 0 Å². The highest BCUT2D eigenvalue weighted by molar-refractivity contribution is 7.91. The molecule has 8 nitrogen and oxygen atoms in total. The number of ether oxygens (including phenoxy) is 1. The summed E-state index contributed by atoms with van der Waals surface area (Å²) in [6.07, 6.45) is 3.62. The van der Waals surface area contributed by atoms with E-state index in [-0.39, 0.29) is 16.8 Å². The van der Waals surface area contributed by atoms with E-state index >= 15 is 0 Å². The normalized spacial score (nSPS) is 14.4. The molecule has 2 aromatic heterocycles. The predicted molar refractivity (Wildman–Crippen MR) is 116 cm³/mol. The van der Waals surface area contributed by atoms with Crippen LogP contribution in [0.5, 0.6) is 0 Å². The fourth-order valence-corrected chi connectivity index (χ4v) is 5.45. The van der Waals surface area contributed by atoms with Gasteiger partial charge in [-0.2, -0.15) is 0 Å². The van der Waals surface area contributed by atoms with Gasteiger partial charge in [-0.05, 0) is 25.8 Å². The summed E-state index contributed by atoms with van der Waals surface area (Å²) in [6.45, 7) is 1.96. The van der Waals surface area contributed by atoms with E-state index in [0.29, 0.717) is 26.2 Å². The Hall–Kier alpha value is -2.49. The average molecular weight is 445 g/mol. The predicted octanol–water partition coefficient (Wildman–Crippen LogP) is 3.00. The number of sulfone groups is 1. The molecule has 0 N–H and O–H groups in total. The largest absolute Gasteiger partial charge is 0.383 e. The van der Waals surface area contributed by atoms with Gasteiger partial charge in [0.25, 0.3) is 0 Å². The second-order valence-electron chi connectivity index (χ2n) is 8.12. The second-order valence-corrected chi connectivity index (χ2v) is 10.1. The summed E-state index contributed by atoms with van der Waals surface area (Å²) in [5.74, 6) is 1.17. The molecule has 1 saturated carbocycles. The quantitative estimate of drug-likeness (QED) is 0.449. The van der Waals surface area contributed by atoms with Crippen LogP contribution < -0.4 is 0 Å². The molecule has 31 heavy (non-hydrogen) atoms. The number of hydrogen-bond acceptors (Lipinski definition) is 7. The van der Waals surface area contributed by atoms with Crippen molar-refractivity contribution < 1.29 is 17.7 Å². The van der Waals surface area contributed by atoms with Crippen molar-refractivity contribution >= 4 is 9.84 Å². The summed E-state index contributed by atoms with van der Waals surface area (Å²) in [4.78, 5) is 6.34. The topological polar surface area (TPSA) is 90.5 Å². The van der Waals surface area contributed by atoms with Crippen LogP contribution in [0.3, 0.4) is 0 Å². The lowest BCUT2D eigenvalue weighted by Gasteiger charge is -2.17. The van der Waals surface area contributed by atoms with Crippen molar-refractivity contribution in [3.05, 3.63) is 54.0 Å². The molecule has 0 bridgehead atoms. The minimum absolute atomic E-state index is 0.146. The molecule has 0 aliphatic heterocycles. The molecular formula is C22H28N4O4S. The van der Waals surface area contributed by atoms with Crippen LogP contribution in [0.25, 0.3) is 11.3 Å². The van der Waals surface area contributed by atoms with Crippen molar-refractivity contribution in [2.45, 2.75) is 37.6 Å². The van der Waals surface area contributed by atoms with Crippen LogP contribution in [0.1, 0.15) is 24.2 Å². The molecule has 0 unspecified atom stereocenters. The van der Waals surface area contributed by atoms with Gasteiger partial charge < -0.3 is 13.8 Å². The van der Waals surface area contributed by atoms with Crippen molar-refractivity contribution in [2.75, 3.05) is 26.5 Å². The highest BCUT2D eigenvalue weighted by atomic mass is 32.2. The molecule has 0 saturated heterocycles. The maximum absolute atomic E-state index is 12.8. The summed E-state index contributed by atoms with van der Waals surface area (Å²) in [6, 6.07) is 11.8. The zero-order valence-corrected chi connectivity index (χ0v) is 18.7. The van der Waals surface area contributed by atoms with Crippen LogP contribution in [0, 0.1) is 5.92 Å². The van der Waals surface area contributed by atoms with Crippen LogP contribution in [-0.4, -0.2) is 54.5 Å². The van der Waals surface area contributed by atoms with Crippen LogP contribution in [-0.2, 0) is 34.2 Å². The molecule has 0 atom stereocenters. The van der Waals surface area contributed by atoms with Crippen molar-refractivity contribution in [3.63, 3.8) is 0 Å². The Bertz CT molecular complexity index is 1100. The minimum atomic E-state index is -3.41.